The van der Waals surface area contributed by atoms with E-state index in [1.807, 2.05) is 25.1 Å². The topological polar surface area (TPSA) is 74.2 Å². The number of benzene rings is 1. The van der Waals surface area contributed by atoms with E-state index in [1.165, 1.54) is 44.9 Å². The van der Waals surface area contributed by atoms with Gasteiger partial charge in [-0.2, -0.15) is 0 Å². The molecule has 1 aromatic carbocycles. The fraction of sp³-hybridized carbons (Fsp3) is 0.731. The number of hydrogen-bond donors (Lipinski definition) is 1. The molecular formula is C26H44O6. The van der Waals surface area contributed by atoms with Crippen molar-refractivity contribution in [1.29, 1.82) is 0 Å². The van der Waals surface area contributed by atoms with Crippen LogP contribution in [0.3, 0.4) is 0 Å². The fourth-order valence-electron chi connectivity index (χ4n) is 3.52. The highest BCUT2D eigenvalue weighted by Crippen LogP contribution is 2.26. The molecule has 0 saturated heterocycles. The number of unbranched alkanes of at least 4 members (excludes halogenated alkanes) is 9. The van der Waals surface area contributed by atoms with E-state index in [2.05, 4.69) is 6.92 Å². The van der Waals surface area contributed by atoms with Gasteiger partial charge in [-0.05, 0) is 25.5 Å². The van der Waals surface area contributed by atoms with Crippen molar-refractivity contribution in [2.75, 3.05) is 33.0 Å². The number of ether oxygens (including phenoxy) is 4. The van der Waals surface area contributed by atoms with E-state index in [9.17, 15) is 9.90 Å². The van der Waals surface area contributed by atoms with Crippen LogP contribution in [0.5, 0.6) is 5.75 Å². The predicted octanol–water partition coefficient (Wildman–Crippen LogP) is 6.23. The third kappa shape index (κ3) is 13.0. The lowest BCUT2D eigenvalue weighted by Gasteiger charge is -2.30. The Bertz CT molecular complexity index is 565. The summed E-state index contributed by atoms with van der Waals surface area (Å²) in [5.74, 6) is -2.32. The molecule has 1 N–H and O–H groups in total. The van der Waals surface area contributed by atoms with E-state index >= 15 is 0 Å². The van der Waals surface area contributed by atoms with Crippen LogP contribution in [0.2, 0.25) is 0 Å². The maximum atomic E-state index is 12.2. The lowest BCUT2D eigenvalue weighted by Crippen LogP contribution is -2.48. The summed E-state index contributed by atoms with van der Waals surface area (Å²) in [7, 11) is 0. The van der Waals surface area contributed by atoms with Gasteiger partial charge in [0.2, 0.25) is 0 Å². The fourth-order valence-corrected chi connectivity index (χ4v) is 3.52. The van der Waals surface area contributed by atoms with Crippen LogP contribution in [0.1, 0.15) is 84.5 Å². The molecule has 0 amide bonds. The van der Waals surface area contributed by atoms with Crippen LogP contribution in [0, 0.1) is 0 Å². The quantitative estimate of drug-likeness (QED) is 0.166. The van der Waals surface area contributed by atoms with Crippen LogP contribution in [0.15, 0.2) is 30.3 Å². The molecule has 0 spiro atoms. The van der Waals surface area contributed by atoms with Gasteiger partial charge in [0.15, 0.2) is 0 Å². The van der Waals surface area contributed by atoms with Crippen LogP contribution < -0.4 is 4.74 Å². The van der Waals surface area contributed by atoms with E-state index in [-0.39, 0.29) is 13.2 Å². The summed E-state index contributed by atoms with van der Waals surface area (Å²) in [6.45, 7) is 6.21. The Balaban J connectivity index is 2.47. The van der Waals surface area contributed by atoms with Gasteiger partial charge in [0.25, 0.3) is 0 Å². The summed E-state index contributed by atoms with van der Waals surface area (Å²) in [5, 5.41) is 9.99. The average Bonchev–Trinajstić information content (AvgIpc) is 2.80. The highest BCUT2D eigenvalue weighted by Gasteiger charge is 2.42. The van der Waals surface area contributed by atoms with Crippen LogP contribution in [0.4, 0.5) is 0 Å². The smallest absolute Gasteiger partial charge is 0.377 e. The molecule has 6 nitrogen and oxygen atoms in total. The van der Waals surface area contributed by atoms with Gasteiger partial charge in [0.05, 0.1) is 26.4 Å². The van der Waals surface area contributed by atoms with Gasteiger partial charge in [0, 0.05) is 13.0 Å². The van der Waals surface area contributed by atoms with Gasteiger partial charge in [-0.15, -0.1) is 0 Å². The van der Waals surface area contributed by atoms with E-state index in [1.54, 1.807) is 12.1 Å². The van der Waals surface area contributed by atoms with Crippen molar-refractivity contribution in [3.8, 4) is 5.75 Å². The van der Waals surface area contributed by atoms with Gasteiger partial charge in [-0.3, -0.25) is 0 Å². The monoisotopic (exact) mass is 452 g/mol. The van der Waals surface area contributed by atoms with Crippen molar-refractivity contribution in [3.05, 3.63) is 30.3 Å². The normalized spacial score (nSPS) is 13.1. The molecule has 0 fully saturated rings. The standard InChI is InChI=1S/C26H44O6/c1-3-5-6-7-8-9-10-11-12-16-19-26(25(27)28,32-24-17-14-13-15-18-24)31-23-22-30-21-20-29-4-2/h13-15,17-18H,3-12,16,19-23H2,1-2H3,(H,27,28). The molecule has 0 aliphatic rings. The lowest BCUT2D eigenvalue weighted by atomic mass is 10.0. The minimum Gasteiger partial charge on any atom is -0.476 e. The first-order valence-electron chi connectivity index (χ1n) is 12.4. The molecule has 0 heterocycles. The minimum atomic E-state index is -1.70. The SMILES string of the molecule is CCCCCCCCCCCCC(OCCOCCOCC)(Oc1ccccc1)C(=O)O. The summed E-state index contributed by atoms with van der Waals surface area (Å²) >= 11 is 0. The second kappa shape index (κ2) is 18.9. The Hall–Kier alpha value is -1.63. The van der Waals surface area contributed by atoms with Gasteiger partial charge >= 0.3 is 11.8 Å². The highest BCUT2D eigenvalue weighted by atomic mass is 16.7. The zero-order valence-corrected chi connectivity index (χ0v) is 20.2. The molecular weight excluding hydrogens is 408 g/mol. The predicted molar refractivity (Wildman–Crippen MR) is 127 cm³/mol. The maximum Gasteiger partial charge on any atom is 0.377 e. The number of aliphatic carboxylic acids is 1. The number of para-hydroxylation sites is 1. The van der Waals surface area contributed by atoms with Gasteiger partial charge < -0.3 is 24.1 Å². The third-order valence-corrected chi connectivity index (χ3v) is 5.35. The van der Waals surface area contributed by atoms with Crippen molar-refractivity contribution in [3.63, 3.8) is 0 Å². The number of rotatable bonds is 22. The molecule has 184 valence electrons. The first-order valence-corrected chi connectivity index (χ1v) is 12.4. The van der Waals surface area contributed by atoms with Crippen LogP contribution in [-0.2, 0) is 19.0 Å². The number of carbonyl (C=O) groups is 1. The second-order valence-corrected chi connectivity index (χ2v) is 8.06. The van der Waals surface area contributed by atoms with E-state index < -0.39 is 11.8 Å². The van der Waals surface area contributed by atoms with E-state index in [4.69, 9.17) is 18.9 Å². The summed E-state index contributed by atoms with van der Waals surface area (Å²) in [5.41, 5.74) is 0. The zero-order valence-electron chi connectivity index (χ0n) is 20.2. The summed E-state index contributed by atoms with van der Waals surface area (Å²) in [6.07, 6.45) is 12.1. The molecule has 1 atom stereocenters. The van der Waals surface area contributed by atoms with E-state index in [0.29, 0.717) is 32.0 Å². The Morgan fingerprint density at radius 1 is 0.781 bits per heavy atom. The van der Waals surface area contributed by atoms with Gasteiger partial charge in [-0.1, -0.05) is 82.9 Å². The van der Waals surface area contributed by atoms with Gasteiger partial charge in [0.1, 0.15) is 5.75 Å². The first-order chi connectivity index (χ1) is 15.6. The second-order valence-electron chi connectivity index (χ2n) is 8.06. The molecule has 0 saturated carbocycles. The van der Waals surface area contributed by atoms with Crippen LogP contribution in [-0.4, -0.2) is 49.9 Å². The Labute approximate surface area is 194 Å². The number of hydrogen-bond acceptors (Lipinski definition) is 5. The summed E-state index contributed by atoms with van der Waals surface area (Å²) in [6, 6.07) is 9.00. The average molecular weight is 453 g/mol. The zero-order chi connectivity index (χ0) is 23.3. The first kappa shape index (κ1) is 28.4. The van der Waals surface area contributed by atoms with Crippen LogP contribution >= 0.6 is 0 Å². The Morgan fingerprint density at radius 2 is 1.34 bits per heavy atom. The van der Waals surface area contributed by atoms with Crippen molar-refractivity contribution in [2.24, 2.45) is 0 Å². The molecule has 0 aliphatic carbocycles. The van der Waals surface area contributed by atoms with E-state index in [0.717, 1.165) is 19.3 Å². The molecule has 6 heteroatoms. The summed E-state index contributed by atoms with van der Waals surface area (Å²) < 4.78 is 22.4. The van der Waals surface area contributed by atoms with Crippen molar-refractivity contribution >= 4 is 5.97 Å². The molecule has 1 rings (SSSR count). The molecule has 32 heavy (non-hydrogen) atoms. The Morgan fingerprint density at radius 3 is 1.94 bits per heavy atom. The molecule has 1 aromatic rings. The minimum absolute atomic E-state index is 0.142. The van der Waals surface area contributed by atoms with Crippen LogP contribution in [0.25, 0.3) is 0 Å². The highest BCUT2D eigenvalue weighted by molar-refractivity contribution is 5.76. The molecule has 0 radical (unpaired) electrons. The van der Waals surface area contributed by atoms with Crippen molar-refractivity contribution in [2.45, 2.75) is 90.3 Å². The van der Waals surface area contributed by atoms with Crippen molar-refractivity contribution < 1.29 is 28.8 Å². The molecule has 0 aromatic heterocycles. The lowest BCUT2D eigenvalue weighted by molar-refractivity contribution is -0.218. The largest absolute Gasteiger partial charge is 0.476 e. The molecule has 0 bridgehead atoms. The number of carboxylic acid groups (broad SMARTS) is 1. The molecule has 0 aliphatic heterocycles. The Kier molecular flexibility index (Phi) is 16.8. The maximum absolute atomic E-state index is 12.2. The number of carboxylic acids is 1. The molecule has 1 unspecified atom stereocenters. The van der Waals surface area contributed by atoms with Gasteiger partial charge in [-0.25, -0.2) is 4.79 Å². The third-order valence-electron chi connectivity index (χ3n) is 5.35. The summed E-state index contributed by atoms with van der Waals surface area (Å²) in [4.78, 5) is 12.2. The van der Waals surface area contributed by atoms with Crippen molar-refractivity contribution in [1.82, 2.24) is 0 Å².